The lowest BCUT2D eigenvalue weighted by molar-refractivity contribution is -0.123. The molecule has 0 spiro atoms. The van der Waals surface area contributed by atoms with Crippen molar-refractivity contribution in [2.45, 2.75) is 18.1 Å². The molecule has 0 saturated carbocycles. The van der Waals surface area contributed by atoms with Crippen molar-refractivity contribution in [3.05, 3.63) is 54.2 Å². The number of benzene rings is 1. The number of pyridine rings is 1. The van der Waals surface area contributed by atoms with Crippen molar-refractivity contribution in [1.29, 1.82) is 0 Å². The summed E-state index contributed by atoms with van der Waals surface area (Å²) in [5.41, 5.74) is 1.01. The molecule has 2 rings (SSSR count). The van der Waals surface area contributed by atoms with Gasteiger partial charge < -0.3 is 10.1 Å². The van der Waals surface area contributed by atoms with Crippen LogP contribution in [0.3, 0.4) is 0 Å². The number of anilines is 1. The van der Waals surface area contributed by atoms with Crippen molar-refractivity contribution < 1.29 is 14.3 Å². The number of hydrogen-bond donors (Lipinski definition) is 1. The first-order valence-corrected chi connectivity index (χ1v) is 7.90. The second-order valence-electron chi connectivity index (χ2n) is 4.46. The van der Waals surface area contributed by atoms with Gasteiger partial charge in [0.05, 0.1) is 5.56 Å². The number of nitrogens with one attached hydrogen (secondary N) is 1. The van der Waals surface area contributed by atoms with Crippen molar-refractivity contribution in [1.82, 2.24) is 4.98 Å². The van der Waals surface area contributed by atoms with Crippen molar-refractivity contribution in [2.24, 2.45) is 0 Å². The normalized spacial score (nSPS) is 11.5. The van der Waals surface area contributed by atoms with Gasteiger partial charge in [0.25, 0.3) is 5.91 Å². The molecule has 2 aromatic rings. The first-order chi connectivity index (χ1) is 10.6. The fourth-order valence-electron chi connectivity index (χ4n) is 1.75. The molecule has 1 unspecified atom stereocenters. The number of para-hydroxylation sites is 1. The number of carbonyl (C=O) groups excluding carboxylic acids is 2. The van der Waals surface area contributed by atoms with Gasteiger partial charge in [-0.2, -0.15) is 0 Å². The molecule has 0 aliphatic heterocycles. The molecule has 0 aliphatic rings. The molecule has 22 heavy (non-hydrogen) atoms. The fraction of sp³-hybridized carbons (Fsp3) is 0.188. The van der Waals surface area contributed by atoms with Crippen molar-refractivity contribution in [3.8, 4) is 0 Å². The summed E-state index contributed by atoms with van der Waals surface area (Å²) in [5, 5.41) is 3.26. The fourth-order valence-corrected chi connectivity index (χ4v) is 2.29. The summed E-state index contributed by atoms with van der Waals surface area (Å²) in [5.74, 6) is -0.942. The van der Waals surface area contributed by atoms with Gasteiger partial charge in [0.15, 0.2) is 6.10 Å². The van der Waals surface area contributed by atoms with E-state index in [9.17, 15) is 9.59 Å². The lowest BCUT2D eigenvalue weighted by atomic mass is 10.2. The van der Waals surface area contributed by atoms with Crippen LogP contribution < -0.4 is 5.32 Å². The number of rotatable bonds is 5. The minimum absolute atomic E-state index is 0.356. The number of esters is 1. The van der Waals surface area contributed by atoms with Crippen LogP contribution in [0.1, 0.15) is 17.3 Å². The second kappa shape index (κ2) is 7.61. The summed E-state index contributed by atoms with van der Waals surface area (Å²) in [4.78, 5) is 28.3. The van der Waals surface area contributed by atoms with Crippen LogP contribution in [-0.2, 0) is 9.53 Å². The zero-order valence-electron chi connectivity index (χ0n) is 12.3. The Bertz CT molecular complexity index is 661. The number of nitrogens with zero attached hydrogens (tertiary/aromatic N) is 1. The second-order valence-corrected chi connectivity index (χ2v) is 5.26. The van der Waals surface area contributed by atoms with Crippen molar-refractivity contribution in [3.63, 3.8) is 0 Å². The molecule has 0 saturated heterocycles. The Morgan fingerprint density at radius 2 is 1.91 bits per heavy atom. The molecular weight excluding hydrogens is 300 g/mol. The largest absolute Gasteiger partial charge is 0.449 e. The van der Waals surface area contributed by atoms with Gasteiger partial charge in [-0.05, 0) is 37.4 Å². The average Bonchev–Trinajstić information content (AvgIpc) is 2.55. The number of carbonyl (C=O) groups is 2. The topological polar surface area (TPSA) is 68.3 Å². The third-order valence-corrected chi connectivity index (χ3v) is 3.59. The highest BCUT2D eigenvalue weighted by Gasteiger charge is 2.21. The summed E-state index contributed by atoms with van der Waals surface area (Å²) in [6.07, 6.45) is 2.53. The molecule has 1 N–H and O–H groups in total. The van der Waals surface area contributed by atoms with Crippen molar-refractivity contribution in [2.75, 3.05) is 11.6 Å². The molecule has 6 heteroatoms. The van der Waals surface area contributed by atoms with E-state index in [1.165, 1.54) is 18.7 Å². The van der Waals surface area contributed by atoms with Gasteiger partial charge in [0, 0.05) is 11.9 Å². The molecule has 5 nitrogen and oxygen atoms in total. The monoisotopic (exact) mass is 316 g/mol. The average molecular weight is 316 g/mol. The first-order valence-electron chi connectivity index (χ1n) is 6.67. The van der Waals surface area contributed by atoms with Gasteiger partial charge in [0.2, 0.25) is 0 Å². The molecule has 0 radical (unpaired) electrons. The van der Waals surface area contributed by atoms with Crippen LogP contribution in [0.4, 0.5) is 5.69 Å². The van der Waals surface area contributed by atoms with Gasteiger partial charge >= 0.3 is 5.97 Å². The Balaban J connectivity index is 2.00. The smallest absolute Gasteiger partial charge is 0.341 e. The van der Waals surface area contributed by atoms with Gasteiger partial charge in [-0.15, -0.1) is 11.8 Å². The maximum absolute atomic E-state index is 12.1. The van der Waals surface area contributed by atoms with Crippen LogP contribution in [0.25, 0.3) is 0 Å². The zero-order valence-corrected chi connectivity index (χ0v) is 13.1. The molecule has 1 amide bonds. The maximum atomic E-state index is 12.1. The van der Waals surface area contributed by atoms with Gasteiger partial charge in [0.1, 0.15) is 5.03 Å². The molecule has 1 aromatic carbocycles. The molecule has 0 aliphatic carbocycles. The minimum Gasteiger partial charge on any atom is -0.449 e. The lowest BCUT2D eigenvalue weighted by Crippen LogP contribution is -2.30. The third-order valence-electron chi connectivity index (χ3n) is 2.88. The zero-order chi connectivity index (χ0) is 15.9. The van der Waals surface area contributed by atoms with Gasteiger partial charge in [-0.3, -0.25) is 4.79 Å². The number of thioether (sulfide) groups is 1. The Kier molecular flexibility index (Phi) is 5.55. The van der Waals surface area contributed by atoms with E-state index in [0.29, 0.717) is 16.3 Å². The molecular formula is C16H16N2O3S. The highest BCUT2D eigenvalue weighted by Crippen LogP contribution is 2.18. The maximum Gasteiger partial charge on any atom is 0.341 e. The first kappa shape index (κ1) is 16.0. The van der Waals surface area contributed by atoms with E-state index in [-0.39, 0.29) is 5.91 Å². The quantitative estimate of drug-likeness (QED) is 0.678. The van der Waals surface area contributed by atoms with E-state index >= 15 is 0 Å². The van der Waals surface area contributed by atoms with E-state index in [1.54, 1.807) is 30.5 Å². The Hall–Kier alpha value is -2.34. The van der Waals surface area contributed by atoms with Crippen LogP contribution in [0, 0.1) is 0 Å². The van der Waals surface area contributed by atoms with E-state index in [4.69, 9.17) is 4.74 Å². The number of hydrogen-bond acceptors (Lipinski definition) is 5. The van der Waals surface area contributed by atoms with Crippen LogP contribution in [0.5, 0.6) is 0 Å². The predicted molar refractivity (Wildman–Crippen MR) is 86.0 cm³/mol. The van der Waals surface area contributed by atoms with Crippen LogP contribution in [0.15, 0.2) is 53.7 Å². The van der Waals surface area contributed by atoms with E-state index in [0.717, 1.165) is 0 Å². The van der Waals surface area contributed by atoms with Gasteiger partial charge in [-0.1, -0.05) is 18.2 Å². The molecule has 0 fully saturated rings. The summed E-state index contributed by atoms with van der Waals surface area (Å²) in [6, 6.07) is 12.3. The van der Waals surface area contributed by atoms with E-state index in [1.807, 2.05) is 24.5 Å². The lowest BCUT2D eigenvalue weighted by Gasteiger charge is -2.14. The van der Waals surface area contributed by atoms with Crippen molar-refractivity contribution >= 4 is 29.3 Å². The predicted octanol–water partition coefficient (Wildman–Crippen LogP) is 2.99. The number of aromatic nitrogens is 1. The summed E-state index contributed by atoms with van der Waals surface area (Å²) < 4.78 is 5.21. The molecule has 1 atom stereocenters. The Labute approximate surface area is 133 Å². The molecule has 1 aromatic heterocycles. The molecule has 0 bridgehead atoms. The Morgan fingerprint density at radius 3 is 2.59 bits per heavy atom. The van der Waals surface area contributed by atoms with Crippen LogP contribution in [-0.4, -0.2) is 29.2 Å². The highest BCUT2D eigenvalue weighted by atomic mass is 32.2. The van der Waals surface area contributed by atoms with Gasteiger partial charge in [-0.25, -0.2) is 9.78 Å². The Morgan fingerprint density at radius 1 is 1.18 bits per heavy atom. The molecule has 1 heterocycles. The number of ether oxygens (including phenoxy) is 1. The van der Waals surface area contributed by atoms with Crippen LogP contribution in [0.2, 0.25) is 0 Å². The minimum atomic E-state index is -0.900. The number of amides is 1. The summed E-state index contributed by atoms with van der Waals surface area (Å²) in [6.45, 7) is 1.53. The SMILES string of the molecule is CSc1ncccc1C(=O)OC(C)C(=O)Nc1ccccc1. The van der Waals surface area contributed by atoms with E-state index in [2.05, 4.69) is 10.3 Å². The summed E-state index contributed by atoms with van der Waals surface area (Å²) >= 11 is 1.35. The third kappa shape index (κ3) is 4.08. The standard InChI is InChI=1S/C16H16N2O3S/c1-11(14(19)18-12-7-4-3-5-8-12)21-16(20)13-9-6-10-17-15(13)22-2/h3-11H,1-2H3,(H,18,19). The summed E-state index contributed by atoms with van der Waals surface area (Å²) in [7, 11) is 0. The highest BCUT2D eigenvalue weighted by molar-refractivity contribution is 7.98. The van der Waals surface area contributed by atoms with Crippen LogP contribution >= 0.6 is 11.8 Å². The molecule has 114 valence electrons. The van der Waals surface area contributed by atoms with E-state index < -0.39 is 12.1 Å².